The molecule has 0 aromatic heterocycles. The van der Waals surface area contributed by atoms with Crippen LogP contribution in [0, 0.1) is 5.92 Å². The minimum Gasteiger partial charge on any atom is -0.323 e. The summed E-state index contributed by atoms with van der Waals surface area (Å²) in [5.74, 6) is -0.492. The van der Waals surface area contributed by atoms with Crippen LogP contribution in [0.2, 0.25) is 0 Å². The molecule has 1 fully saturated rings. The van der Waals surface area contributed by atoms with Crippen LogP contribution in [0.15, 0.2) is 30.3 Å². The van der Waals surface area contributed by atoms with Gasteiger partial charge in [-0.05, 0) is 12.8 Å². The zero-order valence-corrected chi connectivity index (χ0v) is 13.3. The quantitative estimate of drug-likeness (QED) is 0.649. The number of carbonyl (C=O) groups excluding carboxylic acids is 3. The lowest BCUT2D eigenvalue weighted by Gasteiger charge is -2.30. The summed E-state index contributed by atoms with van der Waals surface area (Å²) in [4.78, 5) is 38.1. The van der Waals surface area contributed by atoms with Crippen LogP contribution in [-0.4, -0.2) is 34.7 Å². The molecule has 1 aromatic carbocycles. The number of hydrogen-bond acceptors (Lipinski definition) is 3. The summed E-state index contributed by atoms with van der Waals surface area (Å²) < 4.78 is 0. The number of nitrogens with one attached hydrogen (secondary N) is 1. The number of benzene rings is 1. The Labute approximate surface area is 130 Å². The van der Waals surface area contributed by atoms with Crippen LogP contribution in [0.25, 0.3) is 0 Å². The zero-order valence-electron chi connectivity index (χ0n) is 13.3. The number of carbonyl (C=O) groups is 3. The van der Waals surface area contributed by atoms with E-state index in [0.29, 0.717) is 5.56 Å². The van der Waals surface area contributed by atoms with Crippen molar-refractivity contribution >= 4 is 17.7 Å². The molecule has 22 heavy (non-hydrogen) atoms. The summed E-state index contributed by atoms with van der Waals surface area (Å²) in [5, 5.41) is 2.77. The summed E-state index contributed by atoms with van der Waals surface area (Å²) in [6, 6.07) is 8.21. The van der Waals surface area contributed by atoms with E-state index in [1.807, 2.05) is 19.9 Å². The molecule has 1 aromatic rings. The molecule has 2 rings (SSSR count). The first-order valence-corrected chi connectivity index (χ1v) is 7.66. The van der Waals surface area contributed by atoms with Crippen LogP contribution in [0.3, 0.4) is 0 Å². The van der Waals surface area contributed by atoms with Crippen molar-refractivity contribution in [3.8, 4) is 0 Å². The number of amides is 3. The molecular weight excluding hydrogens is 280 g/mol. The summed E-state index contributed by atoms with van der Waals surface area (Å²) >= 11 is 0. The molecule has 0 bridgehead atoms. The molecule has 0 aliphatic carbocycles. The van der Waals surface area contributed by atoms with Crippen LogP contribution in [-0.2, 0) is 4.79 Å². The van der Waals surface area contributed by atoms with E-state index >= 15 is 0 Å². The lowest BCUT2D eigenvalue weighted by atomic mass is 9.82. The first-order valence-electron chi connectivity index (χ1n) is 7.66. The molecule has 1 atom stereocenters. The van der Waals surface area contributed by atoms with Gasteiger partial charge in [0.15, 0.2) is 5.78 Å². The number of rotatable bonds is 6. The van der Waals surface area contributed by atoms with Gasteiger partial charge in [-0.2, -0.15) is 0 Å². The largest absolute Gasteiger partial charge is 0.325 e. The summed E-state index contributed by atoms with van der Waals surface area (Å²) in [6.45, 7) is 5.52. The first-order chi connectivity index (χ1) is 10.4. The highest BCUT2D eigenvalue weighted by Gasteiger charge is 2.51. The first kappa shape index (κ1) is 16.2. The highest BCUT2D eigenvalue weighted by molar-refractivity contribution is 6.11. The molecule has 3 amide bonds. The molecule has 1 aliphatic heterocycles. The average Bonchev–Trinajstić information content (AvgIpc) is 2.73. The summed E-state index contributed by atoms with van der Waals surface area (Å²) in [6.07, 6.45) is 1.58. The van der Waals surface area contributed by atoms with Crippen molar-refractivity contribution in [2.45, 2.75) is 39.2 Å². The SMILES string of the molecule is CCC(CC)C1(C)NC(=O)N(CC(=O)c2ccccc2)C1=O. The van der Waals surface area contributed by atoms with Gasteiger partial charge in [-0.1, -0.05) is 57.0 Å². The standard InChI is InChI=1S/C17H22N2O3/c1-4-13(5-2)17(3)15(21)19(16(22)18-17)11-14(20)12-9-7-6-8-10-12/h6-10,13H,4-5,11H2,1-3H3,(H,18,22). The fraction of sp³-hybridized carbons (Fsp3) is 0.471. The van der Waals surface area contributed by atoms with Crippen molar-refractivity contribution in [2.24, 2.45) is 5.92 Å². The van der Waals surface area contributed by atoms with E-state index in [1.54, 1.807) is 31.2 Å². The second kappa shape index (κ2) is 6.30. The normalized spacial score (nSPS) is 21.4. The minimum atomic E-state index is -0.919. The molecule has 0 saturated carbocycles. The number of urea groups is 1. The zero-order chi connectivity index (χ0) is 16.3. The van der Waals surface area contributed by atoms with Gasteiger partial charge in [-0.3, -0.25) is 14.5 Å². The summed E-state index contributed by atoms with van der Waals surface area (Å²) in [5.41, 5.74) is -0.420. The van der Waals surface area contributed by atoms with E-state index < -0.39 is 11.6 Å². The number of hydrogen-bond donors (Lipinski definition) is 1. The number of imide groups is 1. The molecule has 5 heteroatoms. The van der Waals surface area contributed by atoms with Crippen molar-refractivity contribution in [3.63, 3.8) is 0 Å². The summed E-state index contributed by atoms with van der Waals surface area (Å²) in [7, 11) is 0. The van der Waals surface area contributed by atoms with Crippen molar-refractivity contribution in [1.29, 1.82) is 0 Å². The van der Waals surface area contributed by atoms with Gasteiger partial charge in [0.2, 0.25) is 0 Å². The van der Waals surface area contributed by atoms with Crippen molar-refractivity contribution in [3.05, 3.63) is 35.9 Å². The molecule has 118 valence electrons. The van der Waals surface area contributed by atoms with Crippen molar-refractivity contribution in [2.75, 3.05) is 6.54 Å². The molecule has 1 N–H and O–H groups in total. The molecule has 1 saturated heterocycles. The lowest BCUT2D eigenvalue weighted by Crippen LogP contribution is -2.50. The molecule has 0 radical (unpaired) electrons. The Hall–Kier alpha value is -2.17. The van der Waals surface area contributed by atoms with Gasteiger partial charge >= 0.3 is 6.03 Å². The Morgan fingerprint density at radius 2 is 1.77 bits per heavy atom. The van der Waals surface area contributed by atoms with E-state index in [9.17, 15) is 14.4 Å². The molecule has 1 aliphatic rings. The van der Waals surface area contributed by atoms with Gasteiger partial charge in [-0.15, -0.1) is 0 Å². The Balaban J connectivity index is 2.18. The van der Waals surface area contributed by atoms with Gasteiger partial charge in [0, 0.05) is 5.56 Å². The molecule has 5 nitrogen and oxygen atoms in total. The average molecular weight is 302 g/mol. The fourth-order valence-electron chi connectivity index (χ4n) is 3.10. The van der Waals surface area contributed by atoms with Crippen LogP contribution < -0.4 is 5.32 Å². The maximum Gasteiger partial charge on any atom is 0.325 e. The van der Waals surface area contributed by atoms with Crippen LogP contribution in [0.5, 0.6) is 0 Å². The maximum absolute atomic E-state index is 12.7. The Morgan fingerprint density at radius 1 is 1.18 bits per heavy atom. The highest BCUT2D eigenvalue weighted by atomic mass is 16.2. The highest BCUT2D eigenvalue weighted by Crippen LogP contribution is 2.30. The second-order valence-corrected chi connectivity index (χ2v) is 5.83. The smallest absolute Gasteiger partial charge is 0.323 e. The molecular formula is C17H22N2O3. The Kier molecular flexibility index (Phi) is 4.64. The Bertz CT molecular complexity index is 581. The lowest BCUT2D eigenvalue weighted by molar-refractivity contribution is -0.132. The second-order valence-electron chi connectivity index (χ2n) is 5.83. The van der Waals surface area contributed by atoms with Gasteiger partial charge in [0.05, 0.1) is 6.54 Å². The molecule has 0 spiro atoms. The molecule has 1 heterocycles. The van der Waals surface area contributed by atoms with E-state index in [4.69, 9.17) is 0 Å². The number of nitrogens with zero attached hydrogens (tertiary/aromatic N) is 1. The van der Waals surface area contributed by atoms with Gasteiger partial charge < -0.3 is 5.32 Å². The number of ketones is 1. The fourth-order valence-corrected chi connectivity index (χ4v) is 3.10. The van der Waals surface area contributed by atoms with Crippen LogP contribution in [0.4, 0.5) is 4.79 Å². The Morgan fingerprint density at radius 3 is 2.32 bits per heavy atom. The topological polar surface area (TPSA) is 66.5 Å². The maximum atomic E-state index is 12.7. The number of Topliss-reactive ketones (excluding diaryl/α,β-unsaturated/α-hetero) is 1. The van der Waals surface area contributed by atoms with Crippen molar-refractivity contribution < 1.29 is 14.4 Å². The molecule has 1 unspecified atom stereocenters. The monoisotopic (exact) mass is 302 g/mol. The predicted molar refractivity (Wildman–Crippen MR) is 83.5 cm³/mol. The van der Waals surface area contributed by atoms with E-state index in [0.717, 1.165) is 17.7 Å². The third-order valence-electron chi connectivity index (χ3n) is 4.50. The van der Waals surface area contributed by atoms with E-state index in [-0.39, 0.29) is 24.2 Å². The minimum absolute atomic E-state index is 0.0563. The van der Waals surface area contributed by atoms with Crippen molar-refractivity contribution in [1.82, 2.24) is 10.2 Å². The third kappa shape index (κ3) is 2.75. The van der Waals surface area contributed by atoms with E-state index in [1.165, 1.54) is 0 Å². The van der Waals surface area contributed by atoms with Crippen LogP contribution in [0.1, 0.15) is 44.0 Å². The van der Waals surface area contributed by atoms with Gasteiger partial charge in [0.1, 0.15) is 5.54 Å². The predicted octanol–water partition coefficient (Wildman–Crippen LogP) is 2.62. The van der Waals surface area contributed by atoms with Gasteiger partial charge in [0.25, 0.3) is 5.91 Å². The van der Waals surface area contributed by atoms with Crippen LogP contribution >= 0.6 is 0 Å². The van der Waals surface area contributed by atoms with Gasteiger partial charge in [-0.25, -0.2) is 4.79 Å². The third-order valence-corrected chi connectivity index (χ3v) is 4.50. The van der Waals surface area contributed by atoms with E-state index in [2.05, 4.69) is 5.32 Å².